The Labute approximate surface area is 294 Å². The largest absolute Gasteiger partial charge is 0.455 e. The molecule has 0 spiro atoms. The molecular formula is C47H29N3O. The maximum Gasteiger partial charge on any atom is 0.167 e. The summed E-state index contributed by atoms with van der Waals surface area (Å²) in [4.78, 5) is 15.5. The average molecular weight is 652 g/mol. The van der Waals surface area contributed by atoms with Crippen molar-refractivity contribution in [3.63, 3.8) is 0 Å². The number of fused-ring (bicyclic) bond motifs is 5. The highest BCUT2D eigenvalue weighted by Crippen LogP contribution is 2.38. The molecule has 0 aliphatic heterocycles. The van der Waals surface area contributed by atoms with Crippen LogP contribution in [-0.2, 0) is 0 Å². The van der Waals surface area contributed by atoms with Crippen LogP contribution in [0.15, 0.2) is 180 Å². The number of aromatic nitrogens is 3. The van der Waals surface area contributed by atoms with Gasteiger partial charge in [-0.25, -0.2) is 15.0 Å². The summed E-state index contributed by atoms with van der Waals surface area (Å²) in [5.41, 5.74) is 8.91. The zero-order valence-corrected chi connectivity index (χ0v) is 27.5. The highest BCUT2D eigenvalue weighted by atomic mass is 16.3. The van der Waals surface area contributed by atoms with Crippen molar-refractivity contribution in [3.05, 3.63) is 176 Å². The van der Waals surface area contributed by atoms with Gasteiger partial charge in [-0.1, -0.05) is 152 Å². The second-order valence-corrected chi connectivity index (χ2v) is 12.8. The Morgan fingerprint density at radius 3 is 1.73 bits per heavy atom. The van der Waals surface area contributed by atoms with Crippen molar-refractivity contribution in [2.75, 3.05) is 0 Å². The molecule has 2 heterocycles. The van der Waals surface area contributed by atoms with Gasteiger partial charge >= 0.3 is 0 Å². The van der Waals surface area contributed by atoms with Crippen LogP contribution in [0.25, 0.3) is 99.9 Å². The maximum atomic E-state index is 6.46. The predicted octanol–water partition coefficient (Wildman–Crippen LogP) is 12.4. The second-order valence-electron chi connectivity index (χ2n) is 12.8. The molecule has 2 aromatic heterocycles. The molecule has 10 aromatic rings. The lowest BCUT2D eigenvalue weighted by Crippen LogP contribution is -2.01. The van der Waals surface area contributed by atoms with Crippen LogP contribution in [0.2, 0.25) is 0 Å². The van der Waals surface area contributed by atoms with Gasteiger partial charge in [0.1, 0.15) is 11.2 Å². The first-order chi connectivity index (χ1) is 25.3. The molecule has 10 rings (SSSR count). The van der Waals surface area contributed by atoms with Crippen molar-refractivity contribution >= 4 is 43.5 Å². The van der Waals surface area contributed by atoms with Gasteiger partial charge in [-0.3, -0.25) is 0 Å². The van der Waals surface area contributed by atoms with Gasteiger partial charge in [0.05, 0.1) is 5.56 Å². The lowest BCUT2D eigenvalue weighted by atomic mass is 9.94. The van der Waals surface area contributed by atoms with Crippen LogP contribution in [0.5, 0.6) is 0 Å². The molecule has 0 saturated carbocycles. The Hall–Kier alpha value is -6.91. The number of nitrogens with zero attached hydrogens (tertiary/aromatic N) is 3. The first kappa shape index (κ1) is 29.0. The molecule has 4 nitrogen and oxygen atoms in total. The molecule has 0 aliphatic rings. The van der Waals surface area contributed by atoms with E-state index in [1.54, 1.807) is 0 Å². The molecular weight excluding hydrogens is 623 g/mol. The summed E-state index contributed by atoms with van der Waals surface area (Å²) in [6, 6.07) is 61.1. The summed E-state index contributed by atoms with van der Waals surface area (Å²) < 4.78 is 6.46. The number of benzene rings is 8. The molecule has 8 aromatic carbocycles. The van der Waals surface area contributed by atoms with Gasteiger partial charge in [0, 0.05) is 21.9 Å². The lowest BCUT2D eigenvalue weighted by molar-refractivity contribution is 0.669. The van der Waals surface area contributed by atoms with E-state index in [0.717, 1.165) is 55.0 Å². The lowest BCUT2D eigenvalue weighted by Gasteiger charge is -2.13. The maximum absolute atomic E-state index is 6.46. The van der Waals surface area contributed by atoms with Gasteiger partial charge in [0.25, 0.3) is 0 Å². The fourth-order valence-electron chi connectivity index (χ4n) is 7.21. The molecule has 0 bridgehead atoms. The van der Waals surface area contributed by atoms with E-state index in [2.05, 4.69) is 140 Å². The molecule has 0 N–H and O–H groups in total. The molecule has 0 fully saturated rings. The van der Waals surface area contributed by atoms with Crippen LogP contribution in [0, 0.1) is 0 Å². The van der Waals surface area contributed by atoms with Gasteiger partial charge in [0.2, 0.25) is 0 Å². The summed E-state index contributed by atoms with van der Waals surface area (Å²) >= 11 is 0. The zero-order chi connectivity index (χ0) is 33.7. The number of furan rings is 1. The van der Waals surface area contributed by atoms with Crippen LogP contribution < -0.4 is 0 Å². The molecule has 238 valence electrons. The minimum Gasteiger partial charge on any atom is -0.455 e. The Balaban J connectivity index is 1.16. The fourth-order valence-corrected chi connectivity index (χ4v) is 7.21. The van der Waals surface area contributed by atoms with E-state index in [1.165, 1.54) is 27.5 Å². The van der Waals surface area contributed by atoms with Gasteiger partial charge in [-0.05, 0) is 68.1 Å². The third-order valence-electron chi connectivity index (χ3n) is 9.76. The highest BCUT2D eigenvalue weighted by molar-refractivity contribution is 6.09. The molecule has 4 heteroatoms. The van der Waals surface area contributed by atoms with Crippen LogP contribution >= 0.6 is 0 Å². The Kier molecular flexibility index (Phi) is 6.78. The summed E-state index contributed by atoms with van der Waals surface area (Å²) in [6.07, 6.45) is 0. The van der Waals surface area contributed by atoms with E-state index < -0.39 is 0 Å². The molecule has 0 unspecified atom stereocenters. The van der Waals surface area contributed by atoms with Gasteiger partial charge in [-0.2, -0.15) is 0 Å². The van der Waals surface area contributed by atoms with Crippen molar-refractivity contribution < 1.29 is 4.42 Å². The minimum atomic E-state index is 0.564. The zero-order valence-electron chi connectivity index (χ0n) is 27.5. The Morgan fingerprint density at radius 2 is 0.902 bits per heavy atom. The van der Waals surface area contributed by atoms with Crippen LogP contribution in [-0.4, -0.2) is 15.0 Å². The van der Waals surface area contributed by atoms with Gasteiger partial charge < -0.3 is 4.42 Å². The fraction of sp³-hybridized carbons (Fsp3) is 0. The standard InChI is InChI=1S/C47H29N3O/c1-2-12-32(13-3-1)36-27-28-41(38-16-7-6-15-37(36)38)46-48-45(33-24-21-31(22-25-33)35-26-23-30-11-4-5-14-34(30)29-35)49-47(50-46)42-19-10-18-40-39-17-8-9-20-43(39)51-44(40)42/h1-29H. The first-order valence-electron chi connectivity index (χ1n) is 17.1. The molecule has 51 heavy (non-hydrogen) atoms. The third-order valence-corrected chi connectivity index (χ3v) is 9.76. The normalized spacial score (nSPS) is 11.5. The number of hydrogen-bond donors (Lipinski definition) is 0. The van der Waals surface area contributed by atoms with Crippen molar-refractivity contribution in [1.82, 2.24) is 15.0 Å². The number of hydrogen-bond acceptors (Lipinski definition) is 4. The van der Waals surface area contributed by atoms with E-state index >= 15 is 0 Å². The van der Waals surface area contributed by atoms with Crippen molar-refractivity contribution in [1.29, 1.82) is 0 Å². The smallest absolute Gasteiger partial charge is 0.167 e. The first-order valence-corrected chi connectivity index (χ1v) is 17.1. The minimum absolute atomic E-state index is 0.564. The van der Waals surface area contributed by atoms with E-state index in [4.69, 9.17) is 19.4 Å². The monoisotopic (exact) mass is 651 g/mol. The molecule has 0 atom stereocenters. The van der Waals surface area contributed by atoms with Crippen molar-refractivity contribution in [2.45, 2.75) is 0 Å². The van der Waals surface area contributed by atoms with E-state index in [-0.39, 0.29) is 0 Å². The summed E-state index contributed by atoms with van der Waals surface area (Å²) in [6.45, 7) is 0. The Morgan fingerprint density at radius 1 is 0.314 bits per heavy atom. The molecule has 0 amide bonds. The predicted molar refractivity (Wildman–Crippen MR) is 209 cm³/mol. The topological polar surface area (TPSA) is 51.8 Å². The molecule has 0 radical (unpaired) electrons. The van der Waals surface area contributed by atoms with Crippen molar-refractivity contribution in [3.8, 4) is 56.4 Å². The molecule has 0 saturated heterocycles. The highest BCUT2D eigenvalue weighted by Gasteiger charge is 2.19. The van der Waals surface area contributed by atoms with Crippen LogP contribution in [0.4, 0.5) is 0 Å². The quantitative estimate of drug-likeness (QED) is 0.186. The van der Waals surface area contributed by atoms with Crippen LogP contribution in [0.3, 0.4) is 0 Å². The average Bonchev–Trinajstić information content (AvgIpc) is 3.59. The third kappa shape index (κ3) is 5.04. The van der Waals surface area contributed by atoms with E-state index in [9.17, 15) is 0 Å². The number of rotatable bonds is 5. The van der Waals surface area contributed by atoms with E-state index in [0.29, 0.717) is 17.5 Å². The van der Waals surface area contributed by atoms with E-state index in [1.807, 2.05) is 36.4 Å². The van der Waals surface area contributed by atoms with Crippen molar-refractivity contribution in [2.24, 2.45) is 0 Å². The van der Waals surface area contributed by atoms with Gasteiger partial charge in [0.15, 0.2) is 17.5 Å². The number of para-hydroxylation sites is 2. The SMILES string of the molecule is c1ccc(-c2ccc(-c3nc(-c4ccc(-c5ccc6ccccc6c5)cc4)nc(-c4cccc5c4oc4ccccc45)n3)c3ccccc23)cc1. The van der Waals surface area contributed by atoms with Crippen LogP contribution in [0.1, 0.15) is 0 Å². The second kappa shape index (κ2) is 11.9. The summed E-state index contributed by atoms with van der Waals surface area (Å²) in [5.74, 6) is 1.77. The summed E-state index contributed by atoms with van der Waals surface area (Å²) in [5, 5.41) is 6.77. The Bertz CT molecular complexity index is 2910. The van der Waals surface area contributed by atoms with Gasteiger partial charge in [-0.15, -0.1) is 0 Å². The molecule has 0 aliphatic carbocycles. The summed E-state index contributed by atoms with van der Waals surface area (Å²) in [7, 11) is 0.